The molecule has 2 rings (SSSR count). The number of carbonyl (C=O) groups is 1. The molecule has 0 aliphatic heterocycles. The van der Waals surface area contributed by atoms with Crippen LogP contribution in [0.4, 0.5) is 0 Å². The van der Waals surface area contributed by atoms with Crippen LogP contribution in [0, 0.1) is 13.8 Å². The minimum atomic E-state index is -0.186. The second-order valence-electron chi connectivity index (χ2n) is 5.19. The number of nitrogens with one attached hydrogen (secondary N) is 1. The number of para-hydroxylation sites is 1. The molecule has 1 N–H and O–H groups in total. The molecule has 4 nitrogen and oxygen atoms in total. The van der Waals surface area contributed by atoms with Gasteiger partial charge >= 0.3 is 0 Å². The number of rotatable bonds is 7. The highest BCUT2D eigenvalue weighted by Crippen LogP contribution is 2.22. The van der Waals surface area contributed by atoms with Crippen molar-refractivity contribution >= 4 is 17.5 Å². The van der Waals surface area contributed by atoms with Gasteiger partial charge in [0.05, 0.1) is 11.6 Å². The summed E-state index contributed by atoms with van der Waals surface area (Å²) < 4.78 is 11.0. The Balaban J connectivity index is 1.69. The smallest absolute Gasteiger partial charge is 0.258 e. The first kappa shape index (κ1) is 17.2. The molecular formula is C18H20ClNO3. The average molecular weight is 334 g/mol. The monoisotopic (exact) mass is 333 g/mol. The topological polar surface area (TPSA) is 47.6 Å². The predicted octanol–water partition coefficient (Wildman–Crippen LogP) is 3.53. The van der Waals surface area contributed by atoms with Gasteiger partial charge in [0.15, 0.2) is 6.61 Å². The summed E-state index contributed by atoms with van der Waals surface area (Å²) in [5.74, 6) is 1.15. The molecule has 2 aromatic carbocycles. The molecule has 0 heterocycles. The maximum Gasteiger partial charge on any atom is 0.258 e. The van der Waals surface area contributed by atoms with Gasteiger partial charge in [-0.2, -0.15) is 0 Å². The number of amides is 1. The lowest BCUT2D eigenvalue weighted by Crippen LogP contribution is -2.32. The fourth-order valence-electron chi connectivity index (χ4n) is 1.97. The molecule has 0 aliphatic rings. The van der Waals surface area contributed by atoms with Crippen LogP contribution < -0.4 is 14.8 Å². The second-order valence-corrected chi connectivity index (χ2v) is 5.59. The first-order valence-corrected chi connectivity index (χ1v) is 7.78. The van der Waals surface area contributed by atoms with Crippen LogP contribution in [0.15, 0.2) is 42.5 Å². The van der Waals surface area contributed by atoms with Gasteiger partial charge < -0.3 is 14.8 Å². The van der Waals surface area contributed by atoms with Crippen molar-refractivity contribution in [3.63, 3.8) is 0 Å². The van der Waals surface area contributed by atoms with Crippen LogP contribution in [-0.4, -0.2) is 25.7 Å². The van der Waals surface area contributed by atoms with Crippen molar-refractivity contribution in [2.24, 2.45) is 0 Å². The van der Waals surface area contributed by atoms with Gasteiger partial charge in [-0.25, -0.2) is 0 Å². The maximum atomic E-state index is 11.8. The van der Waals surface area contributed by atoms with Crippen molar-refractivity contribution in [1.29, 1.82) is 0 Å². The molecule has 0 aliphatic carbocycles. The number of aryl methyl sites for hydroxylation is 2. The van der Waals surface area contributed by atoms with Gasteiger partial charge in [0, 0.05) is 0 Å². The van der Waals surface area contributed by atoms with Crippen molar-refractivity contribution in [2.45, 2.75) is 13.8 Å². The highest BCUT2D eigenvalue weighted by atomic mass is 35.5. The van der Waals surface area contributed by atoms with E-state index in [0.29, 0.717) is 23.9 Å². The van der Waals surface area contributed by atoms with Crippen LogP contribution in [0.2, 0.25) is 5.02 Å². The van der Waals surface area contributed by atoms with Crippen LogP contribution in [0.5, 0.6) is 11.5 Å². The Kier molecular flexibility index (Phi) is 6.29. The van der Waals surface area contributed by atoms with E-state index in [1.807, 2.05) is 44.2 Å². The predicted molar refractivity (Wildman–Crippen MR) is 91.4 cm³/mol. The molecule has 0 aromatic heterocycles. The lowest BCUT2D eigenvalue weighted by Gasteiger charge is -2.11. The van der Waals surface area contributed by atoms with E-state index in [9.17, 15) is 4.79 Å². The van der Waals surface area contributed by atoms with Gasteiger partial charge in [-0.1, -0.05) is 35.9 Å². The Labute approximate surface area is 141 Å². The van der Waals surface area contributed by atoms with Gasteiger partial charge in [-0.15, -0.1) is 0 Å². The first-order valence-electron chi connectivity index (χ1n) is 7.40. The lowest BCUT2D eigenvalue weighted by atomic mass is 10.1. The zero-order chi connectivity index (χ0) is 16.7. The third-order valence-electron chi connectivity index (χ3n) is 3.22. The number of carbonyl (C=O) groups excluding carboxylic acids is 1. The summed E-state index contributed by atoms with van der Waals surface area (Å²) in [6.07, 6.45) is 0. The van der Waals surface area contributed by atoms with Gasteiger partial charge in [-0.05, 0) is 43.2 Å². The van der Waals surface area contributed by atoms with E-state index >= 15 is 0 Å². The van der Waals surface area contributed by atoms with E-state index in [1.54, 1.807) is 12.1 Å². The Morgan fingerprint density at radius 2 is 1.87 bits per heavy atom. The van der Waals surface area contributed by atoms with Crippen molar-refractivity contribution < 1.29 is 14.3 Å². The molecule has 0 atom stereocenters. The molecular weight excluding hydrogens is 314 g/mol. The SMILES string of the molecule is Cc1ccc(C)c(OCC(=O)NCCOc2ccccc2Cl)c1. The first-order chi connectivity index (χ1) is 11.1. The van der Waals surface area contributed by atoms with Gasteiger partial charge in [0.2, 0.25) is 0 Å². The Bertz CT molecular complexity index is 673. The van der Waals surface area contributed by atoms with Crippen molar-refractivity contribution in [1.82, 2.24) is 5.32 Å². The van der Waals surface area contributed by atoms with Crippen molar-refractivity contribution in [2.75, 3.05) is 19.8 Å². The standard InChI is InChI=1S/C18H20ClNO3/c1-13-7-8-14(2)17(11-13)23-12-18(21)20-9-10-22-16-6-4-3-5-15(16)19/h3-8,11H,9-10,12H2,1-2H3,(H,20,21). The van der Waals surface area contributed by atoms with Crippen LogP contribution in [0.3, 0.4) is 0 Å². The summed E-state index contributed by atoms with van der Waals surface area (Å²) in [7, 11) is 0. The van der Waals surface area contributed by atoms with E-state index in [4.69, 9.17) is 21.1 Å². The molecule has 0 radical (unpaired) electrons. The maximum absolute atomic E-state index is 11.8. The molecule has 1 amide bonds. The Morgan fingerprint density at radius 3 is 2.65 bits per heavy atom. The van der Waals surface area contributed by atoms with E-state index in [0.717, 1.165) is 16.9 Å². The zero-order valence-corrected chi connectivity index (χ0v) is 14.0. The molecule has 122 valence electrons. The fraction of sp³-hybridized carbons (Fsp3) is 0.278. The zero-order valence-electron chi connectivity index (χ0n) is 13.3. The molecule has 2 aromatic rings. The van der Waals surface area contributed by atoms with E-state index in [2.05, 4.69) is 5.32 Å². The number of hydrogen-bond donors (Lipinski definition) is 1. The van der Waals surface area contributed by atoms with E-state index < -0.39 is 0 Å². The van der Waals surface area contributed by atoms with Gasteiger partial charge in [0.25, 0.3) is 5.91 Å². The fourth-order valence-corrected chi connectivity index (χ4v) is 2.16. The summed E-state index contributed by atoms with van der Waals surface area (Å²) >= 11 is 5.98. The number of benzene rings is 2. The largest absolute Gasteiger partial charge is 0.490 e. The van der Waals surface area contributed by atoms with E-state index in [1.165, 1.54) is 0 Å². The van der Waals surface area contributed by atoms with Crippen molar-refractivity contribution in [3.8, 4) is 11.5 Å². The van der Waals surface area contributed by atoms with Crippen LogP contribution in [0.25, 0.3) is 0 Å². The summed E-state index contributed by atoms with van der Waals surface area (Å²) in [6.45, 7) is 4.65. The highest BCUT2D eigenvalue weighted by Gasteiger charge is 2.05. The van der Waals surface area contributed by atoms with Crippen LogP contribution >= 0.6 is 11.6 Å². The molecule has 0 bridgehead atoms. The molecule has 5 heteroatoms. The molecule has 0 spiro atoms. The highest BCUT2D eigenvalue weighted by molar-refractivity contribution is 6.32. The number of halogens is 1. The summed E-state index contributed by atoms with van der Waals surface area (Å²) in [4.78, 5) is 11.8. The Morgan fingerprint density at radius 1 is 1.09 bits per heavy atom. The lowest BCUT2D eigenvalue weighted by molar-refractivity contribution is -0.123. The summed E-state index contributed by atoms with van der Waals surface area (Å²) in [5.41, 5.74) is 2.10. The van der Waals surface area contributed by atoms with Crippen molar-refractivity contribution in [3.05, 3.63) is 58.6 Å². The molecule has 0 fully saturated rings. The molecule has 0 saturated heterocycles. The quantitative estimate of drug-likeness (QED) is 0.788. The van der Waals surface area contributed by atoms with Gasteiger partial charge in [0.1, 0.15) is 18.1 Å². The molecule has 23 heavy (non-hydrogen) atoms. The summed E-state index contributed by atoms with van der Waals surface area (Å²) in [5, 5.41) is 3.30. The third kappa shape index (κ3) is 5.49. The molecule has 0 saturated carbocycles. The Hall–Kier alpha value is -2.20. The second kappa shape index (κ2) is 8.44. The van der Waals surface area contributed by atoms with E-state index in [-0.39, 0.29) is 12.5 Å². The minimum Gasteiger partial charge on any atom is -0.490 e. The van der Waals surface area contributed by atoms with Crippen LogP contribution in [0.1, 0.15) is 11.1 Å². The summed E-state index contributed by atoms with van der Waals surface area (Å²) in [6, 6.07) is 13.1. The average Bonchev–Trinajstić information content (AvgIpc) is 2.54. The van der Waals surface area contributed by atoms with Gasteiger partial charge in [-0.3, -0.25) is 4.79 Å². The van der Waals surface area contributed by atoms with Crippen LogP contribution in [-0.2, 0) is 4.79 Å². The number of ether oxygens (including phenoxy) is 2. The number of hydrogen-bond acceptors (Lipinski definition) is 3. The molecule has 0 unspecified atom stereocenters. The third-order valence-corrected chi connectivity index (χ3v) is 3.53. The minimum absolute atomic E-state index is 0.0175. The normalized spacial score (nSPS) is 10.2.